The molecule has 0 amide bonds. The minimum Gasteiger partial charge on any atom is -0.512 e. The Labute approximate surface area is 194 Å². The molecule has 1 N–H and O–H groups in total. The summed E-state index contributed by atoms with van der Waals surface area (Å²) < 4.78 is 2.59. The van der Waals surface area contributed by atoms with Gasteiger partial charge in [0.2, 0.25) is 0 Å². The van der Waals surface area contributed by atoms with Gasteiger partial charge in [0.25, 0.3) is 0 Å². The molecule has 1 saturated carbocycles. The number of nitrogens with zero attached hydrogens (tertiary/aromatic N) is 2. The zero-order chi connectivity index (χ0) is 21.1. The first-order valence-electron chi connectivity index (χ1n) is 10.6. The number of hydrogen-bond donors (Lipinski definition) is 1. The minimum absolute atomic E-state index is 0. The molecule has 30 heavy (non-hydrogen) atoms. The SMILES string of the molecule is CC(=O)C=C(C)O.CC1(C)c2ccc[c-]c2-c2nc3c(n2C1(C)C)C1CCC3C1.[Pt]. The number of hydrogen-bond acceptors (Lipinski definition) is 3. The summed E-state index contributed by atoms with van der Waals surface area (Å²) in [6.45, 7) is 12.4. The van der Waals surface area contributed by atoms with E-state index < -0.39 is 0 Å². The van der Waals surface area contributed by atoms with Gasteiger partial charge in [-0.3, -0.25) is 9.78 Å². The number of fused-ring (bicyclic) bond motifs is 9. The van der Waals surface area contributed by atoms with Crippen molar-refractivity contribution < 1.29 is 31.0 Å². The van der Waals surface area contributed by atoms with Gasteiger partial charge in [0.1, 0.15) is 0 Å². The summed E-state index contributed by atoms with van der Waals surface area (Å²) in [5.41, 5.74) is 5.68. The molecule has 1 aromatic carbocycles. The molecule has 2 unspecified atom stereocenters. The third kappa shape index (κ3) is 3.32. The van der Waals surface area contributed by atoms with Gasteiger partial charge in [-0.1, -0.05) is 13.8 Å². The Hall–Kier alpha value is -1.67. The molecular formula is C25H31N2O2Pt-. The van der Waals surface area contributed by atoms with Gasteiger partial charge in [0.15, 0.2) is 5.78 Å². The van der Waals surface area contributed by atoms with Crippen LogP contribution in [0.3, 0.4) is 0 Å². The van der Waals surface area contributed by atoms with Crippen molar-refractivity contribution in [3.8, 4) is 11.4 Å². The van der Waals surface area contributed by atoms with Gasteiger partial charge in [0, 0.05) is 50.2 Å². The molecule has 2 aromatic rings. The van der Waals surface area contributed by atoms with Crippen LogP contribution in [0.15, 0.2) is 30.0 Å². The summed E-state index contributed by atoms with van der Waals surface area (Å²) in [5.74, 6) is 2.56. The minimum atomic E-state index is -0.125. The Balaban J connectivity index is 0.000000281. The van der Waals surface area contributed by atoms with E-state index in [4.69, 9.17) is 10.1 Å². The first kappa shape index (κ1) is 23.0. The number of aliphatic hydroxyl groups excluding tert-OH is 1. The van der Waals surface area contributed by atoms with Gasteiger partial charge in [0.05, 0.1) is 17.3 Å². The standard InChI is InChI=1S/C20H23N2.C5H8O2.Pt/c1-19(2)15-8-6-5-7-14(15)18-21-16-12-9-10-13(11-12)17(16)22(18)20(19,3)4;1-4(6)3-5(2)7;/h5-6,8,12-13H,9-11H2,1-4H3;3,6H,1-2H3;/q-1;;. The molecule has 1 fully saturated rings. The molecule has 1 aliphatic heterocycles. The van der Waals surface area contributed by atoms with Gasteiger partial charge in [-0.2, -0.15) is 0 Å². The van der Waals surface area contributed by atoms with Crippen LogP contribution in [0.2, 0.25) is 0 Å². The summed E-state index contributed by atoms with van der Waals surface area (Å²) in [5, 5.41) is 8.36. The molecule has 2 atom stereocenters. The third-order valence-corrected chi connectivity index (χ3v) is 7.40. The molecule has 5 rings (SSSR count). The van der Waals surface area contributed by atoms with Gasteiger partial charge < -0.3 is 9.67 Å². The van der Waals surface area contributed by atoms with E-state index in [1.165, 1.54) is 61.8 Å². The second kappa shape index (κ2) is 7.79. The van der Waals surface area contributed by atoms with Crippen molar-refractivity contribution in [2.75, 3.05) is 0 Å². The third-order valence-electron chi connectivity index (χ3n) is 7.40. The summed E-state index contributed by atoms with van der Waals surface area (Å²) in [7, 11) is 0. The quantitative estimate of drug-likeness (QED) is 0.262. The fourth-order valence-electron chi connectivity index (χ4n) is 5.40. The van der Waals surface area contributed by atoms with E-state index >= 15 is 0 Å². The molecule has 3 aliphatic rings. The summed E-state index contributed by atoms with van der Waals surface area (Å²) in [6.07, 6.45) is 5.19. The number of rotatable bonds is 1. The van der Waals surface area contributed by atoms with Gasteiger partial charge >= 0.3 is 0 Å². The van der Waals surface area contributed by atoms with Crippen LogP contribution in [0.5, 0.6) is 0 Å². The van der Waals surface area contributed by atoms with Crippen LogP contribution >= 0.6 is 0 Å². The maximum absolute atomic E-state index is 10.0. The maximum atomic E-state index is 10.0. The molecule has 4 nitrogen and oxygen atoms in total. The van der Waals surface area contributed by atoms with E-state index in [9.17, 15) is 4.79 Å². The van der Waals surface area contributed by atoms with Gasteiger partial charge in [-0.25, -0.2) is 0 Å². The van der Waals surface area contributed by atoms with Crippen molar-refractivity contribution in [2.24, 2.45) is 0 Å². The predicted molar refractivity (Wildman–Crippen MR) is 115 cm³/mol. The van der Waals surface area contributed by atoms with Gasteiger partial charge in [-0.15, -0.1) is 35.4 Å². The Morgan fingerprint density at radius 1 is 1.23 bits per heavy atom. The van der Waals surface area contributed by atoms with E-state index in [1.54, 1.807) is 5.69 Å². The Morgan fingerprint density at radius 3 is 2.50 bits per heavy atom. The monoisotopic (exact) mass is 586 g/mol. The number of aliphatic hydroxyl groups is 1. The van der Waals surface area contributed by atoms with Crippen molar-refractivity contribution >= 4 is 5.78 Å². The van der Waals surface area contributed by atoms with Crippen LogP contribution in [0.25, 0.3) is 11.4 Å². The zero-order valence-electron chi connectivity index (χ0n) is 18.7. The van der Waals surface area contributed by atoms with Crippen molar-refractivity contribution in [1.82, 2.24) is 9.55 Å². The zero-order valence-corrected chi connectivity index (χ0v) is 20.9. The predicted octanol–water partition coefficient (Wildman–Crippen LogP) is 5.78. The topological polar surface area (TPSA) is 55.1 Å². The van der Waals surface area contributed by atoms with E-state index in [2.05, 4.69) is 50.5 Å². The van der Waals surface area contributed by atoms with Gasteiger partial charge in [-0.05, 0) is 52.4 Å². The van der Waals surface area contributed by atoms with Crippen LogP contribution < -0.4 is 0 Å². The summed E-state index contributed by atoms with van der Waals surface area (Å²) in [4.78, 5) is 15.2. The van der Waals surface area contributed by atoms with Crippen LogP contribution in [-0.4, -0.2) is 20.4 Å². The Bertz CT molecular complexity index is 1010. The number of allylic oxidation sites excluding steroid dienone is 2. The summed E-state index contributed by atoms with van der Waals surface area (Å²) in [6, 6.07) is 9.91. The van der Waals surface area contributed by atoms with Crippen LogP contribution in [0, 0.1) is 6.07 Å². The fraction of sp³-hybridized carbons (Fsp3) is 0.520. The number of imidazole rings is 1. The number of carbonyl (C=O) groups excluding carboxylic acids is 1. The molecule has 2 aliphatic carbocycles. The molecule has 164 valence electrons. The number of benzene rings is 1. The fourth-order valence-corrected chi connectivity index (χ4v) is 5.40. The number of ketones is 1. The first-order chi connectivity index (χ1) is 13.6. The smallest absolute Gasteiger partial charge is 0.155 e. The molecule has 2 heterocycles. The molecule has 1 aromatic heterocycles. The van der Waals surface area contributed by atoms with Crippen molar-refractivity contribution in [1.29, 1.82) is 0 Å². The average Bonchev–Trinajstić information content (AvgIpc) is 3.32. The van der Waals surface area contributed by atoms with E-state index in [1.807, 2.05) is 6.07 Å². The second-order valence-electron chi connectivity index (χ2n) is 9.79. The molecule has 2 bridgehead atoms. The number of aromatic nitrogens is 2. The Morgan fingerprint density at radius 2 is 1.90 bits per heavy atom. The molecule has 0 spiro atoms. The maximum Gasteiger partial charge on any atom is 0.155 e. The average molecular weight is 587 g/mol. The van der Waals surface area contributed by atoms with E-state index in [0.29, 0.717) is 5.92 Å². The van der Waals surface area contributed by atoms with Crippen molar-refractivity contribution in [3.63, 3.8) is 0 Å². The van der Waals surface area contributed by atoms with Crippen LogP contribution in [-0.2, 0) is 36.8 Å². The van der Waals surface area contributed by atoms with Crippen LogP contribution in [0.1, 0.15) is 89.6 Å². The first-order valence-corrected chi connectivity index (χ1v) is 10.6. The largest absolute Gasteiger partial charge is 0.512 e. The Kier molecular flexibility index (Phi) is 5.97. The molecule has 0 radical (unpaired) electrons. The van der Waals surface area contributed by atoms with Crippen molar-refractivity contribution in [3.05, 3.63) is 53.1 Å². The summed E-state index contributed by atoms with van der Waals surface area (Å²) >= 11 is 0. The second-order valence-corrected chi connectivity index (χ2v) is 9.79. The molecular weight excluding hydrogens is 555 g/mol. The molecule has 0 saturated heterocycles. The number of carbonyl (C=O) groups is 1. The normalized spacial score (nSPS) is 24.0. The van der Waals surface area contributed by atoms with E-state index in [-0.39, 0.29) is 43.6 Å². The molecule has 5 heteroatoms. The van der Waals surface area contributed by atoms with Crippen molar-refractivity contribution in [2.45, 2.75) is 83.6 Å². The van der Waals surface area contributed by atoms with Crippen LogP contribution in [0.4, 0.5) is 0 Å². The van der Waals surface area contributed by atoms with E-state index in [0.717, 1.165) is 5.92 Å².